The van der Waals surface area contributed by atoms with Crippen LogP contribution in [0.5, 0.6) is 5.75 Å². The fraction of sp³-hybridized carbons (Fsp3) is 0.545. The van der Waals surface area contributed by atoms with Crippen molar-refractivity contribution in [3.8, 4) is 5.75 Å². The Morgan fingerprint density at radius 3 is 2.76 bits per heavy atom. The third-order valence-corrected chi connectivity index (χ3v) is 11.9. The van der Waals surface area contributed by atoms with Gasteiger partial charge in [-0.3, -0.25) is 4.79 Å². The molecule has 2 heterocycles. The molecule has 0 saturated heterocycles. The van der Waals surface area contributed by atoms with Crippen molar-refractivity contribution in [3.05, 3.63) is 70.3 Å². The summed E-state index contributed by atoms with van der Waals surface area (Å²) in [5.41, 5.74) is 3.64. The Bertz CT molecular complexity index is 1520. The van der Waals surface area contributed by atoms with Crippen LogP contribution in [-0.4, -0.2) is 48.8 Å². The largest absolute Gasteiger partial charge is 0.490 e. The first-order chi connectivity index (χ1) is 20.1. The first kappa shape index (κ1) is 29.7. The van der Waals surface area contributed by atoms with E-state index in [4.69, 9.17) is 26.2 Å². The molecule has 1 saturated carbocycles. The van der Waals surface area contributed by atoms with Crippen molar-refractivity contribution < 1.29 is 18.5 Å². The number of nitrogens with two attached hydrogens (primary N) is 1. The van der Waals surface area contributed by atoms with Crippen molar-refractivity contribution in [2.24, 2.45) is 33.2 Å². The number of rotatable bonds is 1. The molecule has 2 aromatic carbocycles. The van der Waals surface area contributed by atoms with Gasteiger partial charge in [-0.1, -0.05) is 43.7 Å². The maximum absolute atomic E-state index is 13.4. The quantitative estimate of drug-likeness (QED) is 0.389. The van der Waals surface area contributed by atoms with Crippen LogP contribution >= 0.6 is 11.6 Å². The van der Waals surface area contributed by atoms with E-state index >= 15 is 0 Å². The third-order valence-electron chi connectivity index (χ3n) is 10.2. The predicted molar refractivity (Wildman–Crippen MR) is 169 cm³/mol. The fourth-order valence-electron chi connectivity index (χ4n) is 7.41. The van der Waals surface area contributed by atoms with Gasteiger partial charge in [-0.2, -0.15) is 0 Å². The molecule has 0 radical (unpaired) electrons. The summed E-state index contributed by atoms with van der Waals surface area (Å²) in [6.45, 7) is 6.23. The van der Waals surface area contributed by atoms with Crippen LogP contribution in [0, 0.1) is 23.7 Å². The molecule has 2 aromatic rings. The van der Waals surface area contributed by atoms with E-state index in [9.17, 15) is 9.00 Å². The van der Waals surface area contributed by atoms with Crippen LogP contribution in [0.2, 0.25) is 5.02 Å². The zero-order valence-corrected chi connectivity index (χ0v) is 26.3. The number of anilines is 1. The summed E-state index contributed by atoms with van der Waals surface area (Å²) in [4.78, 5) is 15.8. The normalized spacial score (nSPS) is 35.6. The van der Waals surface area contributed by atoms with E-state index in [1.54, 1.807) is 13.2 Å². The molecule has 226 valence electrons. The number of methoxy groups -OCH3 is 1. The summed E-state index contributed by atoms with van der Waals surface area (Å²) in [6, 6.07) is 11.7. The predicted octanol–water partition coefficient (Wildman–Crippen LogP) is 6.18. The highest BCUT2D eigenvalue weighted by molar-refractivity contribution is 7.91. The molecule has 7 atom stereocenters. The number of halogens is 1. The molecule has 2 N–H and O–H groups in total. The number of aryl methyl sites for hydroxylation is 1. The summed E-state index contributed by atoms with van der Waals surface area (Å²) in [5.74, 6) is 1.26. The van der Waals surface area contributed by atoms with Crippen molar-refractivity contribution in [3.63, 3.8) is 0 Å². The second-order valence-corrected chi connectivity index (χ2v) is 15.3. The highest BCUT2D eigenvalue weighted by Crippen LogP contribution is 2.47. The second-order valence-electron chi connectivity index (χ2n) is 13.0. The molecule has 4 aliphatic rings. The van der Waals surface area contributed by atoms with E-state index in [1.807, 2.05) is 25.1 Å². The Morgan fingerprint density at radius 1 is 1.17 bits per heavy atom. The fourth-order valence-corrected chi connectivity index (χ4v) is 9.13. The van der Waals surface area contributed by atoms with Gasteiger partial charge in [-0.25, -0.2) is 9.35 Å². The lowest BCUT2D eigenvalue weighted by molar-refractivity contribution is 0.0130. The van der Waals surface area contributed by atoms with Crippen LogP contribution < -0.4 is 14.8 Å². The van der Waals surface area contributed by atoms with Gasteiger partial charge in [0.1, 0.15) is 15.7 Å². The minimum atomic E-state index is -3.21. The van der Waals surface area contributed by atoms with Crippen molar-refractivity contribution in [1.29, 1.82) is 0 Å². The van der Waals surface area contributed by atoms with Crippen LogP contribution in [0.25, 0.3) is 0 Å². The average Bonchev–Trinajstić information content (AvgIpc) is 3.08. The van der Waals surface area contributed by atoms with Crippen molar-refractivity contribution >= 4 is 33.1 Å². The molecular weight excluding hydrogens is 570 g/mol. The Labute approximate surface area is 255 Å². The number of fused-ring (bicyclic) bond motifs is 4. The molecule has 6 rings (SSSR count). The summed E-state index contributed by atoms with van der Waals surface area (Å²) in [5, 5.41) is 6.91. The van der Waals surface area contributed by atoms with Gasteiger partial charge in [0.25, 0.3) is 5.91 Å². The van der Waals surface area contributed by atoms with E-state index < -0.39 is 15.8 Å². The smallest absolute Gasteiger partial charge is 0.286 e. The maximum atomic E-state index is 13.4. The topological polar surface area (TPSA) is 94.2 Å². The minimum Gasteiger partial charge on any atom is -0.490 e. The number of ether oxygens (including phenoxy) is 2. The minimum absolute atomic E-state index is 0.000319. The van der Waals surface area contributed by atoms with E-state index in [-0.39, 0.29) is 29.1 Å². The lowest BCUT2D eigenvalue weighted by Gasteiger charge is -2.46. The average molecular weight is 612 g/mol. The Balaban J connectivity index is 1.45. The molecule has 9 heteroatoms. The molecule has 2 aliphatic heterocycles. The van der Waals surface area contributed by atoms with Crippen LogP contribution in [0.3, 0.4) is 0 Å². The van der Waals surface area contributed by atoms with Gasteiger partial charge in [0.15, 0.2) is 0 Å². The van der Waals surface area contributed by atoms with E-state index in [1.165, 1.54) is 11.1 Å². The number of benzene rings is 2. The molecule has 1 unspecified atom stereocenters. The maximum Gasteiger partial charge on any atom is 0.286 e. The summed E-state index contributed by atoms with van der Waals surface area (Å²) in [6.07, 6.45) is 9.63. The van der Waals surface area contributed by atoms with Crippen LogP contribution in [0.1, 0.15) is 61.0 Å². The highest BCUT2D eigenvalue weighted by atomic mass is 35.5. The lowest BCUT2D eigenvalue weighted by atomic mass is 9.68. The molecule has 1 amide bonds. The van der Waals surface area contributed by atoms with Gasteiger partial charge in [0.05, 0.1) is 18.4 Å². The molecule has 1 fully saturated rings. The van der Waals surface area contributed by atoms with Gasteiger partial charge in [-0.15, -0.1) is 4.36 Å². The summed E-state index contributed by atoms with van der Waals surface area (Å²) >= 11 is 6.41. The molecule has 0 aromatic heterocycles. The molecular formula is C33H42ClN3O4S. The number of hydrogen-bond acceptors (Lipinski definition) is 5. The molecule has 2 aliphatic carbocycles. The molecule has 7 nitrogen and oxygen atoms in total. The number of nitrogens with zero attached hydrogens (tertiary/aromatic N) is 2. The molecule has 1 spiro atoms. The number of hydrogen-bond donors (Lipinski definition) is 1. The van der Waals surface area contributed by atoms with Gasteiger partial charge < -0.3 is 14.4 Å². The van der Waals surface area contributed by atoms with Crippen molar-refractivity contribution in [1.82, 2.24) is 0 Å². The number of allylic oxidation sites excluding steroid dienone is 1. The SMILES string of the molecule is CO[C@H]1/C=C/[C@H](C)[C@H](C)CS(N)(=O)=NC(=O)c2ccc3c(c2)N(C[C@@H]2CC[C@H]21)C[C@@]1(CCCc2cc(Cl)ccc21)CO3. The van der Waals surface area contributed by atoms with Crippen LogP contribution in [0.4, 0.5) is 5.69 Å². The molecule has 42 heavy (non-hydrogen) atoms. The van der Waals surface area contributed by atoms with Crippen molar-refractivity contribution in [2.75, 3.05) is 37.5 Å². The van der Waals surface area contributed by atoms with Gasteiger partial charge in [-0.05, 0) is 97.2 Å². The summed E-state index contributed by atoms with van der Waals surface area (Å²) < 4.78 is 30.0. The number of carbonyl (C=O) groups is 1. The molecule has 2 bridgehead atoms. The third kappa shape index (κ3) is 5.75. The second kappa shape index (κ2) is 11.6. The zero-order valence-electron chi connectivity index (χ0n) is 24.8. The Hall–Kier alpha value is -2.39. The van der Waals surface area contributed by atoms with Crippen LogP contribution in [0.15, 0.2) is 52.9 Å². The Kier molecular flexibility index (Phi) is 8.20. The van der Waals surface area contributed by atoms with E-state index in [0.29, 0.717) is 24.0 Å². The first-order valence-corrected chi connectivity index (χ1v) is 17.3. The monoisotopic (exact) mass is 611 g/mol. The van der Waals surface area contributed by atoms with Gasteiger partial charge in [0.2, 0.25) is 0 Å². The Morgan fingerprint density at radius 2 is 2.00 bits per heavy atom. The number of carbonyl (C=O) groups excluding carboxylic acids is 1. The van der Waals surface area contributed by atoms with Gasteiger partial charge >= 0.3 is 0 Å². The zero-order chi connectivity index (χ0) is 29.6. The summed E-state index contributed by atoms with van der Waals surface area (Å²) in [7, 11) is -1.43. The van der Waals surface area contributed by atoms with Crippen molar-refractivity contribution in [2.45, 2.75) is 57.5 Å². The first-order valence-electron chi connectivity index (χ1n) is 15.2. The van der Waals surface area contributed by atoms with E-state index in [0.717, 1.165) is 61.7 Å². The van der Waals surface area contributed by atoms with Crippen LogP contribution in [-0.2, 0) is 26.5 Å². The van der Waals surface area contributed by atoms with E-state index in [2.05, 4.69) is 40.5 Å². The number of amides is 1. The van der Waals surface area contributed by atoms with Gasteiger partial charge in [0, 0.05) is 42.0 Å². The highest BCUT2D eigenvalue weighted by Gasteiger charge is 2.44. The standard InChI is InChI=1S/C33H42ClN3O4S/c1-21-6-12-30(40-3)27-10-7-25(27)17-37-19-33(14-4-5-23-15-26(34)9-11-28(23)33)20-41-31-13-8-24(16-29(31)37)32(38)36-42(35,39)18-22(21)2/h6,8-9,11-13,15-16,21-22,25,27,30H,4-5,7,10,14,17-20H2,1-3H3,(H2,35,36,38,39)/b12-6+/t21-,22+,25-,27+,30-,33-,42?/m0/s1. The lowest BCUT2D eigenvalue weighted by Crippen LogP contribution is -2.49.